The van der Waals surface area contributed by atoms with E-state index in [0.717, 1.165) is 23.9 Å². The number of fused-ring (bicyclic) bond motifs is 1. The van der Waals surface area contributed by atoms with Crippen molar-refractivity contribution in [3.8, 4) is 0 Å². The van der Waals surface area contributed by atoms with Crippen LogP contribution in [-0.4, -0.2) is 33.6 Å². The number of aromatic nitrogens is 2. The van der Waals surface area contributed by atoms with E-state index in [1.165, 1.54) is 36.9 Å². The molecule has 1 aromatic carbocycles. The third-order valence-electron chi connectivity index (χ3n) is 4.73. The van der Waals surface area contributed by atoms with E-state index >= 15 is 0 Å². The van der Waals surface area contributed by atoms with E-state index < -0.39 is 0 Å². The molecule has 0 spiro atoms. The molecule has 0 radical (unpaired) electrons. The lowest BCUT2D eigenvalue weighted by molar-refractivity contribution is 0.314. The van der Waals surface area contributed by atoms with Crippen molar-refractivity contribution in [1.82, 2.24) is 14.5 Å². The van der Waals surface area contributed by atoms with Crippen molar-refractivity contribution in [3.63, 3.8) is 0 Å². The number of aryl methyl sites for hydroxylation is 1. The van der Waals surface area contributed by atoms with Crippen molar-refractivity contribution < 1.29 is 0 Å². The fraction of sp³-hybridized carbons (Fsp3) is 0.562. The Kier molecular flexibility index (Phi) is 3.00. The summed E-state index contributed by atoms with van der Waals surface area (Å²) < 4.78 is 2.42. The number of halogens is 1. The fourth-order valence-electron chi connectivity index (χ4n) is 3.61. The molecule has 2 aromatic rings. The van der Waals surface area contributed by atoms with E-state index in [-0.39, 0.29) is 0 Å². The van der Waals surface area contributed by atoms with Gasteiger partial charge in [0.1, 0.15) is 5.82 Å². The fourth-order valence-corrected chi connectivity index (χ4v) is 3.80. The quantitative estimate of drug-likeness (QED) is 0.807. The zero-order valence-electron chi connectivity index (χ0n) is 11.8. The molecule has 0 amide bonds. The summed E-state index contributed by atoms with van der Waals surface area (Å²) in [5, 5.41) is 0. The highest BCUT2D eigenvalue weighted by Gasteiger charge is 2.36. The van der Waals surface area contributed by atoms with Crippen LogP contribution in [0.5, 0.6) is 0 Å². The first-order valence-corrected chi connectivity index (χ1v) is 8.08. The second kappa shape index (κ2) is 4.74. The molecular weight excluding hydrogens is 270 g/mol. The smallest absolute Gasteiger partial charge is 0.125 e. The Morgan fingerprint density at radius 3 is 2.85 bits per heavy atom. The van der Waals surface area contributed by atoms with E-state index in [0.29, 0.717) is 11.9 Å². The molecular formula is C16H20ClN3. The molecule has 2 fully saturated rings. The standard InChI is InChI=1S/C16H20ClN3/c1-11-3-2-4-14-16(11)20(15(9-17)18-14)13-7-8-19(10-13)12-5-6-12/h2-4,12-13H,5-10H2,1H3. The molecule has 1 atom stereocenters. The summed E-state index contributed by atoms with van der Waals surface area (Å²) in [7, 11) is 0. The van der Waals surface area contributed by atoms with Crippen LogP contribution in [0.1, 0.15) is 36.7 Å². The third-order valence-corrected chi connectivity index (χ3v) is 4.97. The highest BCUT2D eigenvalue weighted by Crippen LogP contribution is 2.36. The number of imidazole rings is 1. The summed E-state index contributed by atoms with van der Waals surface area (Å²) >= 11 is 6.15. The zero-order chi connectivity index (χ0) is 13.7. The summed E-state index contributed by atoms with van der Waals surface area (Å²) in [5.41, 5.74) is 3.67. The van der Waals surface area contributed by atoms with E-state index in [1.807, 2.05) is 0 Å². The Hall–Kier alpha value is -1.06. The summed E-state index contributed by atoms with van der Waals surface area (Å²) in [6.07, 6.45) is 4.00. The maximum absolute atomic E-state index is 6.15. The molecule has 0 bridgehead atoms. The number of alkyl halides is 1. The normalized spacial score (nSPS) is 23.8. The molecule has 20 heavy (non-hydrogen) atoms. The Labute approximate surface area is 124 Å². The SMILES string of the molecule is Cc1cccc2nc(CCl)n(C3CCN(C4CC4)C3)c12. The zero-order valence-corrected chi connectivity index (χ0v) is 12.6. The maximum Gasteiger partial charge on any atom is 0.125 e. The summed E-state index contributed by atoms with van der Waals surface area (Å²) in [5.74, 6) is 1.52. The van der Waals surface area contributed by atoms with Crippen LogP contribution < -0.4 is 0 Å². The minimum atomic E-state index is 0.494. The number of nitrogens with zero attached hydrogens (tertiary/aromatic N) is 3. The average molecular weight is 290 g/mol. The topological polar surface area (TPSA) is 21.1 Å². The van der Waals surface area contributed by atoms with Gasteiger partial charge in [-0.1, -0.05) is 12.1 Å². The van der Waals surface area contributed by atoms with Gasteiger partial charge < -0.3 is 4.57 Å². The van der Waals surface area contributed by atoms with Crippen molar-refractivity contribution in [2.75, 3.05) is 13.1 Å². The lowest BCUT2D eigenvalue weighted by atomic mass is 10.2. The number of para-hydroxylation sites is 1. The molecule has 1 saturated carbocycles. The van der Waals surface area contributed by atoms with E-state index in [9.17, 15) is 0 Å². The van der Waals surface area contributed by atoms with Crippen molar-refractivity contribution in [2.24, 2.45) is 0 Å². The minimum Gasteiger partial charge on any atom is -0.322 e. The van der Waals surface area contributed by atoms with Gasteiger partial charge in [-0.3, -0.25) is 4.90 Å². The van der Waals surface area contributed by atoms with Gasteiger partial charge in [0.05, 0.1) is 16.9 Å². The summed E-state index contributed by atoms with van der Waals surface area (Å²) in [4.78, 5) is 7.38. The van der Waals surface area contributed by atoms with Crippen LogP contribution in [0.25, 0.3) is 11.0 Å². The lowest BCUT2D eigenvalue weighted by Crippen LogP contribution is -2.24. The van der Waals surface area contributed by atoms with Gasteiger partial charge >= 0.3 is 0 Å². The first-order valence-electron chi connectivity index (χ1n) is 7.54. The summed E-state index contributed by atoms with van der Waals surface area (Å²) in [6, 6.07) is 7.75. The predicted molar refractivity (Wildman–Crippen MR) is 82.3 cm³/mol. The van der Waals surface area contributed by atoms with Crippen molar-refractivity contribution in [3.05, 3.63) is 29.6 Å². The number of hydrogen-bond acceptors (Lipinski definition) is 2. The predicted octanol–water partition coefficient (Wildman–Crippen LogP) is 3.49. The molecule has 2 heterocycles. The van der Waals surface area contributed by atoms with Gasteiger partial charge in [-0.25, -0.2) is 4.98 Å². The van der Waals surface area contributed by atoms with Gasteiger partial charge in [-0.2, -0.15) is 0 Å². The molecule has 4 rings (SSSR count). The van der Waals surface area contributed by atoms with Gasteiger partial charge in [-0.05, 0) is 37.8 Å². The Balaban J connectivity index is 1.77. The van der Waals surface area contributed by atoms with Crippen LogP contribution in [0, 0.1) is 6.92 Å². The number of rotatable bonds is 3. The van der Waals surface area contributed by atoms with Crippen LogP contribution in [0.4, 0.5) is 0 Å². The third kappa shape index (κ3) is 1.95. The van der Waals surface area contributed by atoms with Crippen molar-refractivity contribution in [2.45, 2.75) is 44.1 Å². The van der Waals surface area contributed by atoms with Gasteiger partial charge in [0.2, 0.25) is 0 Å². The Morgan fingerprint density at radius 2 is 2.10 bits per heavy atom. The van der Waals surface area contributed by atoms with Crippen LogP contribution in [0.2, 0.25) is 0 Å². The molecule has 1 aliphatic heterocycles. The van der Waals surface area contributed by atoms with Crippen LogP contribution >= 0.6 is 11.6 Å². The lowest BCUT2D eigenvalue weighted by Gasteiger charge is -2.18. The first kappa shape index (κ1) is 12.7. The molecule has 2 aliphatic rings. The molecule has 0 N–H and O–H groups in total. The van der Waals surface area contributed by atoms with Crippen LogP contribution in [-0.2, 0) is 5.88 Å². The van der Waals surface area contributed by atoms with Crippen LogP contribution in [0.3, 0.4) is 0 Å². The minimum absolute atomic E-state index is 0.494. The number of likely N-dealkylation sites (tertiary alicyclic amines) is 1. The molecule has 4 heteroatoms. The van der Waals surface area contributed by atoms with Gasteiger partial charge in [0, 0.05) is 25.2 Å². The summed E-state index contributed by atoms with van der Waals surface area (Å²) in [6.45, 7) is 4.56. The molecule has 106 valence electrons. The largest absolute Gasteiger partial charge is 0.322 e. The average Bonchev–Trinajstić information content (AvgIpc) is 3.06. The van der Waals surface area contributed by atoms with Crippen molar-refractivity contribution in [1.29, 1.82) is 0 Å². The second-order valence-corrected chi connectivity index (χ2v) is 6.41. The van der Waals surface area contributed by atoms with Crippen molar-refractivity contribution >= 4 is 22.6 Å². The monoisotopic (exact) mass is 289 g/mol. The molecule has 1 aliphatic carbocycles. The van der Waals surface area contributed by atoms with E-state index in [1.54, 1.807) is 0 Å². The number of hydrogen-bond donors (Lipinski definition) is 0. The van der Waals surface area contributed by atoms with Gasteiger partial charge in [0.25, 0.3) is 0 Å². The maximum atomic E-state index is 6.15. The highest BCUT2D eigenvalue weighted by atomic mass is 35.5. The molecule has 3 nitrogen and oxygen atoms in total. The first-order chi connectivity index (χ1) is 9.78. The number of benzene rings is 1. The second-order valence-electron chi connectivity index (χ2n) is 6.14. The Morgan fingerprint density at radius 1 is 1.25 bits per heavy atom. The Bertz CT molecular complexity index is 644. The molecule has 1 saturated heterocycles. The van der Waals surface area contributed by atoms with E-state index in [2.05, 4.69) is 34.6 Å². The molecule has 1 aromatic heterocycles. The van der Waals surface area contributed by atoms with Gasteiger partial charge in [0.15, 0.2) is 0 Å². The van der Waals surface area contributed by atoms with Crippen LogP contribution in [0.15, 0.2) is 18.2 Å². The highest BCUT2D eigenvalue weighted by molar-refractivity contribution is 6.16. The van der Waals surface area contributed by atoms with Gasteiger partial charge in [-0.15, -0.1) is 11.6 Å². The van der Waals surface area contributed by atoms with E-state index in [4.69, 9.17) is 16.6 Å². The molecule has 1 unspecified atom stereocenters.